The Bertz CT molecular complexity index is 259. The maximum atomic E-state index is 9.94. The minimum Gasteiger partial charge on any atom is -0.390 e. The van der Waals surface area contributed by atoms with Gasteiger partial charge in [-0.1, -0.05) is 13.0 Å². The summed E-state index contributed by atoms with van der Waals surface area (Å²) >= 11 is 0. The monoisotopic (exact) mass is 181 g/mol. The third kappa shape index (κ3) is 2.05. The fourth-order valence-corrected chi connectivity index (χ4v) is 1.23. The first-order valence-electron chi connectivity index (χ1n) is 4.41. The van der Waals surface area contributed by atoms with Crippen molar-refractivity contribution in [3.63, 3.8) is 0 Å². The van der Waals surface area contributed by atoms with Crippen molar-refractivity contribution in [1.29, 1.82) is 0 Å². The lowest BCUT2D eigenvalue weighted by Gasteiger charge is -2.27. The van der Waals surface area contributed by atoms with E-state index in [9.17, 15) is 10.2 Å². The minimum atomic E-state index is -1.25. The van der Waals surface area contributed by atoms with Crippen LogP contribution in [-0.4, -0.2) is 21.3 Å². The van der Waals surface area contributed by atoms with Crippen LogP contribution in [0.1, 0.15) is 26.0 Å². The third-order valence-corrected chi connectivity index (χ3v) is 2.22. The molecule has 1 heterocycles. The quantitative estimate of drug-likeness (QED) is 0.733. The molecule has 1 aromatic heterocycles. The van der Waals surface area contributed by atoms with Crippen molar-refractivity contribution in [2.75, 3.05) is 0 Å². The fraction of sp³-hybridized carbons (Fsp3) is 0.500. The van der Waals surface area contributed by atoms with Crippen molar-refractivity contribution in [1.82, 2.24) is 4.98 Å². The number of aliphatic hydroxyl groups is 2. The normalized spacial score (nSPS) is 17.8. The average Bonchev–Trinajstić information content (AvgIpc) is 2.18. The second-order valence-electron chi connectivity index (χ2n) is 3.29. The molecular weight excluding hydrogens is 166 g/mol. The Morgan fingerprint density at radius 2 is 2.23 bits per heavy atom. The van der Waals surface area contributed by atoms with Crippen LogP contribution in [0, 0.1) is 0 Å². The van der Waals surface area contributed by atoms with Crippen molar-refractivity contribution in [2.24, 2.45) is 0 Å². The van der Waals surface area contributed by atoms with E-state index in [0.717, 1.165) is 0 Å². The number of hydrogen-bond acceptors (Lipinski definition) is 3. The first-order chi connectivity index (χ1) is 6.09. The molecule has 0 aliphatic heterocycles. The van der Waals surface area contributed by atoms with Crippen molar-refractivity contribution < 1.29 is 10.2 Å². The molecule has 0 fully saturated rings. The molecule has 0 spiro atoms. The highest BCUT2D eigenvalue weighted by Crippen LogP contribution is 2.23. The average molecular weight is 181 g/mol. The van der Waals surface area contributed by atoms with Crippen LogP contribution in [0.2, 0.25) is 0 Å². The third-order valence-electron chi connectivity index (χ3n) is 2.22. The summed E-state index contributed by atoms with van der Waals surface area (Å²) in [6, 6.07) is 5.27. The smallest absolute Gasteiger partial charge is 0.129 e. The zero-order valence-corrected chi connectivity index (χ0v) is 7.94. The minimum absolute atomic E-state index is 0.504. The largest absolute Gasteiger partial charge is 0.390 e. The molecule has 72 valence electrons. The van der Waals surface area contributed by atoms with Gasteiger partial charge in [0.05, 0.1) is 11.8 Å². The van der Waals surface area contributed by atoms with Crippen molar-refractivity contribution >= 4 is 0 Å². The summed E-state index contributed by atoms with van der Waals surface area (Å²) in [6.07, 6.45) is 1.33. The van der Waals surface area contributed by atoms with Crippen molar-refractivity contribution in [3.05, 3.63) is 30.1 Å². The van der Waals surface area contributed by atoms with E-state index < -0.39 is 11.7 Å². The van der Waals surface area contributed by atoms with Crippen LogP contribution in [0.25, 0.3) is 0 Å². The maximum Gasteiger partial charge on any atom is 0.129 e. The van der Waals surface area contributed by atoms with Gasteiger partial charge in [-0.25, -0.2) is 0 Å². The SMILES string of the molecule is CCC(O)C(C)(O)c1ccccn1. The first kappa shape index (κ1) is 10.2. The Kier molecular flexibility index (Phi) is 3.01. The molecule has 0 aliphatic rings. The molecular formula is C10H15NO2. The second kappa shape index (κ2) is 3.85. The van der Waals surface area contributed by atoms with E-state index in [2.05, 4.69) is 4.98 Å². The van der Waals surface area contributed by atoms with Gasteiger partial charge in [-0.05, 0) is 25.5 Å². The van der Waals surface area contributed by atoms with E-state index in [1.165, 1.54) is 0 Å². The molecule has 0 saturated carbocycles. The molecule has 1 aromatic rings. The van der Waals surface area contributed by atoms with Crippen LogP contribution in [0.3, 0.4) is 0 Å². The molecule has 0 bridgehead atoms. The molecule has 0 aliphatic carbocycles. The van der Waals surface area contributed by atoms with Crippen molar-refractivity contribution in [2.45, 2.75) is 32.0 Å². The lowest BCUT2D eigenvalue weighted by Crippen LogP contribution is -2.36. The van der Waals surface area contributed by atoms with Crippen LogP contribution in [0.15, 0.2) is 24.4 Å². The van der Waals surface area contributed by atoms with Gasteiger partial charge in [-0.15, -0.1) is 0 Å². The highest BCUT2D eigenvalue weighted by Gasteiger charge is 2.31. The molecule has 2 N–H and O–H groups in total. The molecule has 1 rings (SSSR count). The van der Waals surface area contributed by atoms with E-state index >= 15 is 0 Å². The van der Waals surface area contributed by atoms with Gasteiger partial charge >= 0.3 is 0 Å². The number of rotatable bonds is 3. The molecule has 0 amide bonds. The lowest BCUT2D eigenvalue weighted by molar-refractivity contribution is -0.0707. The summed E-state index contributed by atoms with van der Waals surface area (Å²) in [5.74, 6) is 0. The number of aliphatic hydroxyl groups excluding tert-OH is 1. The Morgan fingerprint density at radius 1 is 1.54 bits per heavy atom. The van der Waals surface area contributed by atoms with Crippen LogP contribution in [0.4, 0.5) is 0 Å². The standard InChI is InChI=1S/C10H15NO2/c1-3-9(12)10(2,13)8-6-4-5-7-11-8/h4-7,9,12-13H,3H2,1-2H3. The van der Waals surface area contributed by atoms with Crippen LogP contribution in [-0.2, 0) is 5.60 Å². The van der Waals surface area contributed by atoms with Gasteiger partial charge < -0.3 is 10.2 Å². The molecule has 2 atom stereocenters. The Morgan fingerprint density at radius 3 is 2.69 bits per heavy atom. The van der Waals surface area contributed by atoms with E-state index in [0.29, 0.717) is 12.1 Å². The Hall–Kier alpha value is -0.930. The molecule has 0 aromatic carbocycles. The van der Waals surface area contributed by atoms with Crippen LogP contribution in [0.5, 0.6) is 0 Å². The topological polar surface area (TPSA) is 53.4 Å². The molecule has 13 heavy (non-hydrogen) atoms. The summed E-state index contributed by atoms with van der Waals surface area (Å²) < 4.78 is 0. The van der Waals surface area contributed by atoms with Gasteiger partial charge in [0, 0.05) is 6.20 Å². The summed E-state index contributed by atoms with van der Waals surface area (Å²) in [6.45, 7) is 3.39. The summed E-state index contributed by atoms with van der Waals surface area (Å²) in [7, 11) is 0. The molecule has 0 radical (unpaired) electrons. The molecule has 3 heteroatoms. The van der Waals surface area contributed by atoms with Gasteiger partial charge in [0.2, 0.25) is 0 Å². The number of pyridine rings is 1. The van der Waals surface area contributed by atoms with Crippen LogP contribution < -0.4 is 0 Å². The summed E-state index contributed by atoms with van der Waals surface area (Å²) in [4.78, 5) is 4.01. The van der Waals surface area contributed by atoms with Gasteiger partial charge in [-0.2, -0.15) is 0 Å². The molecule has 3 nitrogen and oxygen atoms in total. The predicted octanol–water partition coefficient (Wildman–Crippen LogP) is 1.06. The zero-order valence-electron chi connectivity index (χ0n) is 7.94. The Balaban J connectivity index is 2.93. The summed E-state index contributed by atoms with van der Waals surface area (Å²) in [5, 5.41) is 19.5. The number of hydrogen-bond donors (Lipinski definition) is 2. The first-order valence-corrected chi connectivity index (χ1v) is 4.41. The highest BCUT2D eigenvalue weighted by atomic mass is 16.3. The van der Waals surface area contributed by atoms with Gasteiger partial charge in [0.15, 0.2) is 0 Å². The second-order valence-corrected chi connectivity index (χ2v) is 3.29. The maximum absolute atomic E-state index is 9.94. The van der Waals surface area contributed by atoms with Gasteiger partial charge in [0.1, 0.15) is 5.60 Å². The van der Waals surface area contributed by atoms with E-state index in [1.54, 1.807) is 31.3 Å². The van der Waals surface area contributed by atoms with Gasteiger partial charge in [-0.3, -0.25) is 4.98 Å². The number of nitrogens with zero attached hydrogens (tertiary/aromatic N) is 1. The van der Waals surface area contributed by atoms with Crippen LogP contribution >= 0.6 is 0 Å². The molecule has 0 saturated heterocycles. The molecule has 2 unspecified atom stereocenters. The Labute approximate surface area is 78.1 Å². The predicted molar refractivity (Wildman–Crippen MR) is 50.1 cm³/mol. The highest BCUT2D eigenvalue weighted by molar-refractivity contribution is 5.13. The van der Waals surface area contributed by atoms with E-state index in [1.807, 2.05) is 6.92 Å². The fourth-order valence-electron chi connectivity index (χ4n) is 1.23. The van der Waals surface area contributed by atoms with Crippen molar-refractivity contribution in [3.8, 4) is 0 Å². The zero-order chi connectivity index (χ0) is 9.90. The van der Waals surface area contributed by atoms with E-state index in [4.69, 9.17) is 0 Å². The number of aromatic nitrogens is 1. The van der Waals surface area contributed by atoms with Gasteiger partial charge in [0.25, 0.3) is 0 Å². The lowest BCUT2D eigenvalue weighted by atomic mass is 9.93. The van der Waals surface area contributed by atoms with E-state index in [-0.39, 0.29) is 0 Å². The summed E-state index contributed by atoms with van der Waals surface area (Å²) in [5.41, 5.74) is -0.750.